The Morgan fingerprint density at radius 3 is 2.57 bits per heavy atom. The van der Waals surface area contributed by atoms with Crippen molar-refractivity contribution in [3.8, 4) is 0 Å². The molecule has 1 aromatic carbocycles. The Hall–Kier alpha value is -2.50. The van der Waals surface area contributed by atoms with Crippen LogP contribution in [0.15, 0.2) is 30.6 Å². The standard InChI is InChI=1S/C17H19FN4O/c1-12-13(2)19-11-20-17(12)22-8-7-21(16(23)10-22)9-14-3-5-15(18)6-4-14/h3-6,11H,7-10H2,1-2H3. The summed E-state index contributed by atoms with van der Waals surface area (Å²) in [6, 6.07) is 6.27. The molecule has 0 atom stereocenters. The van der Waals surface area contributed by atoms with Crippen molar-refractivity contribution >= 4 is 11.7 Å². The van der Waals surface area contributed by atoms with Gasteiger partial charge in [0.15, 0.2) is 0 Å². The highest BCUT2D eigenvalue weighted by atomic mass is 19.1. The molecule has 5 nitrogen and oxygen atoms in total. The van der Waals surface area contributed by atoms with Gasteiger partial charge in [-0.25, -0.2) is 14.4 Å². The van der Waals surface area contributed by atoms with Gasteiger partial charge in [-0.2, -0.15) is 0 Å². The lowest BCUT2D eigenvalue weighted by Crippen LogP contribution is -2.50. The van der Waals surface area contributed by atoms with Crippen molar-refractivity contribution in [2.24, 2.45) is 0 Å². The summed E-state index contributed by atoms with van der Waals surface area (Å²) in [6.45, 7) is 6.07. The second-order valence-corrected chi connectivity index (χ2v) is 5.77. The van der Waals surface area contributed by atoms with E-state index in [0.717, 1.165) is 29.2 Å². The smallest absolute Gasteiger partial charge is 0.242 e. The van der Waals surface area contributed by atoms with Crippen LogP contribution >= 0.6 is 0 Å². The van der Waals surface area contributed by atoms with Crippen LogP contribution in [-0.2, 0) is 11.3 Å². The number of rotatable bonds is 3. The zero-order chi connectivity index (χ0) is 16.4. The summed E-state index contributed by atoms with van der Waals surface area (Å²) >= 11 is 0. The van der Waals surface area contributed by atoms with Crippen molar-refractivity contribution in [3.05, 3.63) is 53.2 Å². The molecular formula is C17H19FN4O. The minimum Gasteiger partial charge on any atom is -0.345 e. The van der Waals surface area contributed by atoms with Gasteiger partial charge in [-0.3, -0.25) is 4.79 Å². The third-order valence-corrected chi connectivity index (χ3v) is 4.21. The molecule has 1 aliphatic heterocycles. The fourth-order valence-corrected chi connectivity index (χ4v) is 2.71. The van der Waals surface area contributed by atoms with Gasteiger partial charge in [0.05, 0.1) is 6.54 Å². The number of halogens is 1. The molecular weight excluding hydrogens is 295 g/mol. The topological polar surface area (TPSA) is 49.3 Å². The number of hydrogen-bond acceptors (Lipinski definition) is 4. The number of aryl methyl sites for hydroxylation is 1. The van der Waals surface area contributed by atoms with E-state index in [2.05, 4.69) is 9.97 Å². The molecule has 2 heterocycles. The van der Waals surface area contributed by atoms with Gasteiger partial charge >= 0.3 is 0 Å². The lowest BCUT2D eigenvalue weighted by Gasteiger charge is -2.35. The molecule has 1 amide bonds. The van der Waals surface area contributed by atoms with Crippen LogP contribution in [0.5, 0.6) is 0 Å². The van der Waals surface area contributed by atoms with Crippen LogP contribution in [0.1, 0.15) is 16.8 Å². The minimum absolute atomic E-state index is 0.0521. The van der Waals surface area contributed by atoms with Crippen LogP contribution in [0.3, 0.4) is 0 Å². The first-order chi connectivity index (χ1) is 11.0. The molecule has 1 aromatic heterocycles. The molecule has 0 unspecified atom stereocenters. The Balaban J connectivity index is 1.69. The highest BCUT2D eigenvalue weighted by molar-refractivity contribution is 5.82. The van der Waals surface area contributed by atoms with E-state index in [0.29, 0.717) is 19.6 Å². The Morgan fingerprint density at radius 2 is 1.87 bits per heavy atom. The average Bonchev–Trinajstić information content (AvgIpc) is 2.54. The van der Waals surface area contributed by atoms with Crippen LogP contribution in [0, 0.1) is 19.7 Å². The maximum absolute atomic E-state index is 13.0. The molecule has 0 bridgehead atoms. The van der Waals surface area contributed by atoms with Crippen LogP contribution in [0.25, 0.3) is 0 Å². The van der Waals surface area contributed by atoms with Crippen molar-refractivity contribution < 1.29 is 9.18 Å². The lowest BCUT2D eigenvalue weighted by molar-refractivity contribution is -0.131. The van der Waals surface area contributed by atoms with Crippen molar-refractivity contribution in [3.63, 3.8) is 0 Å². The molecule has 0 saturated carbocycles. The number of anilines is 1. The highest BCUT2D eigenvalue weighted by Crippen LogP contribution is 2.20. The third kappa shape index (κ3) is 3.31. The summed E-state index contributed by atoms with van der Waals surface area (Å²) < 4.78 is 13.0. The Labute approximate surface area is 134 Å². The van der Waals surface area contributed by atoms with E-state index in [1.165, 1.54) is 18.5 Å². The number of piperazine rings is 1. The second kappa shape index (κ2) is 6.32. The van der Waals surface area contributed by atoms with Gasteiger partial charge in [-0.1, -0.05) is 12.1 Å². The molecule has 3 rings (SSSR count). The number of carbonyl (C=O) groups is 1. The van der Waals surface area contributed by atoms with E-state index in [4.69, 9.17) is 0 Å². The Bertz CT molecular complexity index is 717. The van der Waals surface area contributed by atoms with E-state index in [1.807, 2.05) is 18.7 Å². The Kier molecular flexibility index (Phi) is 4.23. The van der Waals surface area contributed by atoms with E-state index < -0.39 is 0 Å². The summed E-state index contributed by atoms with van der Waals surface area (Å²) in [5, 5.41) is 0. The second-order valence-electron chi connectivity index (χ2n) is 5.77. The van der Waals surface area contributed by atoms with Gasteiger partial charge in [0.25, 0.3) is 0 Å². The molecule has 1 fully saturated rings. The first-order valence-corrected chi connectivity index (χ1v) is 7.60. The predicted molar refractivity (Wildman–Crippen MR) is 85.5 cm³/mol. The molecule has 2 aromatic rings. The first kappa shape index (κ1) is 15.4. The van der Waals surface area contributed by atoms with Gasteiger partial charge in [0.1, 0.15) is 18.0 Å². The summed E-state index contributed by atoms with van der Waals surface area (Å²) in [4.78, 5) is 24.7. The molecule has 0 spiro atoms. The zero-order valence-electron chi connectivity index (χ0n) is 13.3. The summed E-state index contributed by atoms with van der Waals surface area (Å²) in [5.74, 6) is 0.614. The van der Waals surface area contributed by atoms with Gasteiger partial charge < -0.3 is 9.80 Å². The average molecular weight is 314 g/mol. The van der Waals surface area contributed by atoms with Crippen molar-refractivity contribution in [2.75, 3.05) is 24.5 Å². The lowest BCUT2D eigenvalue weighted by atomic mass is 10.1. The number of amides is 1. The molecule has 23 heavy (non-hydrogen) atoms. The van der Waals surface area contributed by atoms with E-state index >= 15 is 0 Å². The SMILES string of the molecule is Cc1ncnc(N2CCN(Cc3ccc(F)cc3)C(=O)C2)c1C. The predicted octanol–water partition coefficient (Wildman–Crippen LogP) is 2.08. The van der Waals surface area contributed by atoms with Gasteiger partial charge in [0, 0.05) is 30.9 Å². The zero-order valence-corrected chi connectivity index (χ0v) is 13.3. The quantitative estimate of drug-likeness (QED) is 0.870. The number of hydrogen-bond donors (Lipinski definition) is 0. The van der Waals surface area contributed by atoms with Gasteiger partial charge in [-0.15, -0.1) is 0 Å². The summed E-state index contributed by atoms with van der Waals surface area (Å²) in [6.07, 6.45) is 1.53. The molecule has 120 valence electrons. The molecule has 0 radical (unpaired) electrons. The van der Waals surface area contributed by atoms with E-state index in [9.17, 15) is 9.18 Å². The molecule has 0 N–H and O–H groups in total. The van der Waals surface area contributed by atoms with E-state index in [1.54, 1.807) is 17.0 Å². The van der Waals surface area contributed by atoms with Crippen molar-refractivity contribution in [1.29, 1.82) is 0 Å². The molecule has 1 saturated heterocycles. The fraction of sp³-hybridized carbons (Fsp3) is 0.353. The summed E-state index contributed by atoms with van der Waals surface area (Å²) in [5.41, 5.74) is 2.87. The number of nitrogens with zero attached hydrogens (tertiary/aromatic N) is 4. The highest BCUT2D eigenvalue weighted by Gasteiger charge is 2.26. The summed E-state index contributed by atoms with van der Waals surface area (Å²) in [7, 11) is 0. The molecule has 0 aliphatic carbocycles. The molecule has 6 heteroatoms. The monoisotopic (exact) mass is 314 g/mol. The third-order valence-electron chi connectivity index (χ3n) is 4.21. The fourth-order valence-electron chi connectivity index (χ4n) is 2.71. The van der Waals surface area contributed by atoms with Gasteiger partial charge in [-0.05, 0) is 31.5 Å². The first-order valence-electron chi connectivity index (χ1n) is 7.60. The van der Waals surface area contributed by atoms with E-state index in [-0.39, 0.29) is 11.7 Å². The van der Waals surface area contributed by atoms with Gasteiger partial charge in [0.2, 0.25) is 5.91 Å². The van der Waals surface area contributed by atoms with Crippen LogP contribution < -0.4 is 4.90 Å². The number of benzene rings is 1. The minimum atomic E-state index is -0.264. The Morgan fingerprint density at radius 1 is 1.13 bits per heavy atom. The maximum Gasteiger partial charge on any atom is 0.242 e. The van der Waals surface area contributed by atoms with Crippen LogP contribution in [0.2, 0.25) is 0 Å². The van der Waals surface area contributed by atoms with Crippen LogP contribution in [0.4, 0.5) is 10.2 Å². The van der Waals surface area contributed by atoms with Crippen molar-refractivity contribution in [2.45, 2.75) is 20.4 Å². The van der Waals surface area contributed by atoms with Crippen molar-refractivity contribution in [1.82, 2.24) is 14.9 Å². The molecule has 1 aliphatic rings. The maximum atomic E-state index is 13.0. The number of carbonyl (C=O) groups excluding carboxylic acids is 1. The largest absolute Gasteiger partial charge is 0.345 e. The van der Waals surface area contributed by atoms with Crippen LogP contribution in [-0.4, -0.2) is 40.4 Å². The normalized spacial score (nSPS) is 15.2. The number of aromatic nitrogens is 2.